The molecule has 2 aromatic carbocycles. The third-order valence-electron chi connectivity index (χ3n) is 4.93. The molecule has 1 N–H and O–H groups in total. The lowest BCUT2D eigenvalue weighted by molar-refractivity contribution is -0.121. The van der Waals surface area contributed by atoms with E-state index < -0.39 is 0 Å². The molecule has 0 bridgehead atoms. The van der Waals surface area contributed by atoms with Crippen molar-refractivity contribution in [1.82, 2.24) is 4.90 Å². The summed E-state index contributed by atoms with van der Waals surface area (Å²) in [6.45, 7) is 7.14. The van der Waals surface area contributed by atoms with Gasteiger partial charge in [-0.25, -0.2) is 0 Å². The van der Waals surface area contributed by atoms with Gasteiger partial charge in [0.1, 0.15) is 0 Å². The predicted molar refractivity (Wildman–Crippen MR) is 109 cm³/mol. The highest BCUT2D eigenvalue weighted by Crippen LogP contribution is 2.31. The second-order valence-corrected chi connectivity index (χ2v) is 7.37. The lowest BCUT2D eigenvalue weighted by Gasteiger charge is -2.32. The Morgan fingerprint density at radius 1 is 1.15 bits per heavy atom. The largest absolute Gasteiger partial charge is 0.324 e. The molecule has 1 aliphatic rings. The van der Waals surface area contributed by atoms with Crippen molar-refractivity contribution in [3.05, 3.63) is 60.2 Å². The van der Waals surface area contributed by atoms with Crippen LogP contribution in [0.2, 0.25) is 0 Å². The fraction of sp³-hybridized carbons (Fsp3) is 0.364. The fourth-order valence-electron chi connectivity index (χ4n) is 3.46. The van der Waals surface area contributed by atoms with Crippen LogP contribution in [-0.2, 0) is 16.1 Å². The monoisotopic (exact) mass is 365 g/mol. The first-order chi connectivity index (χ1) is 13.0. The molecule has 27 heavy (non-hydrogen) atoms. The standard InChI is InChI=1S/C22H27N3O2/c1-16(2)24(14-18-9-5-4-6-10-18)15-22(27)25-17(3)13-21(26)23-19-11-7-8-12-20(19)25/h4-12,16-17H,13-15H2,1-3H3,(H,23,26). The van der Waals surface area contributed by atoms with Crippen LogP contribution in [0.25, 0.3) is 0 Å². The summed E-state index contributed by atoms with van der Waals surface area (Å²) in [5.74, 6) is -0.0497. The molecule has 142 valence electrons. The van der Waals surface area contributed by atoms with Crippen LogP contribution in [0, 0.1) is 0 Å². The van der Waals surface area contributed by atoms with E-state index in [1.807, 2.05) is 49.4 Å². The highest BCUT2D eigenvalue weighted by atomic mass is 16.2. The first-order valence-electron chi connectivity index (χ1n) is 9.44. The predicted octanol–water partition coefficient (Wildman–Crippen LogP) is 3.66. The Morgan fingerprint density at radius 2 is 1.81 bits per heavy atom. The molecule has 0 aromatic heterocycles. The van der Waals surface area contributed by atoms with Crippen LogP contribution < -0.4 is 10.2 Å². The minimum atomic E-state index is -0.188. The van der Waals surface area contributed by atoms with Gasteiger partial charge in [0.15, 0.2) is 0 Å². The Hall–Kier alpha value is -2.66. The quantitative estimate of drug-likeness (QED) is 0.880. The minimum absolute atomic E-state index is 0.0103. The number of rotatable bonds is 5. The number of para-hydroxylation sites is 2. The second-order valence-electron chi connectivity index (χ2n) is 7.37. The van der Waals surface area contributed by atoms with Crippen molar-refractivity contribution < 1.29 is 9.59 Å². The average molecular weight is 365 g/mol. The zero-order valence-electron chi connectivity index (χ0n) is 16.2. The molecule has 0 aliphatic carbocycles. The number of nitrogens with zero attached hydrogens (tertiary/aromatic N) is 2. The highest BCUT2D eigenvalue weighted by molar-refractivity contribution is 6.04. The summed E-state index contributed by atoms with van der Waals surface area (Å²) in [7, 11) is 0. The molecular formula is C22H27N3O2. The van der Waals surface area contributed by atoms with Gasteiger partial charge < -0.3 is 10.2 Å². The number of hydrogen-bond acceptors (Lipinski definition) is 3. The van der Waals surface area contributed by atoms with Gasteiger partial charge in [0.25, 0.3) is 0 Å². The molecule has 1 atom stereocenters. The van der Waals surface area contributed by atoms with E-state index in [9.17, 15) is 9.59 Å². The third-order valence-corrected chi connectivity index (χ3v) is 4.93. The van der Waals surface area contributed by atoms with Gasteiger partial charge in [-0.15, -0.1) is 0 Å². The summed E-state index contributed by atoms with van der Waals surface area (Å²) < 4.78 is 0. The first kappa shape index (κ1) is 19.1. The van der Waals surface area contributed by atoms with Crippen LogP contribution in [0.3, 0.4) is 0 Å². The van der Waals surface area contributed by atoms with E-state index in [0.717, 1.165) is 5.69 Å². The zero-order valence-corrected chi connectivity index (χ0v) is 16.2. The topological polar surface area (TPSA) is 52.7 Å². The zero-order chi connectivity index (χ0) is 19.4. The SMILES string of the molecule is CC(C)N(CC(=O)N1c2ccccc2NC(=O)CC1C)Cc1ccccc1. The van der Waals surface area contributed by atoms with E-state index in [0.29, 0.717) is 25.2 Å². The smallest absolute Gasteiger partial charge is 0.241 e. The lowest BCUT2D eigenvalue weighted by Crippen LogP contribution is -2.46. The van der Waals surface area contributed by atoms with Gasteiger partial charge >= 0.3 is 0 Å². The summed E-state index contributed by atoms with van der Waals surface area (Å²) in [6, 6.07) is 17.7. The molecular weight excluding hydrogens is 338 g/mol. The van der Waals surface area contributed by atoms with E-state index in [1.54, 1.807) is 4.90 Å². The van der Waals surface area contributed by atoms with Crippen LogP contribution in [0.4, 0.5) is 11.4 Å². The number of benzene rings is 2. The molecule has 1 heterocycles. The van der Waals surface area contributed by atoms with Crippen LogP contribution in [0.15, 0.2) is 54.6 Å². The lowest BCUT2D eigenvalue weighted by atomic mass is 10.1. The molecule has 1 unspecified atom stereocenters. The third kappa shape index (κ3) is 4.55. The summed E-state index contributed by atoms with van der Waals surface area (Å²) in [6.07, 6.45) is 0.292. The fourth-order valence-corrected chi connectivity index (χ4v) is 3.46. The maximum absolute atomic E-state index is 13.3. The molecule has 0 fully saturated rings. The van der Waals surface area contributed by atoms with Gasteiger partial charge in [-0.05, 0) is 38.5 Å². The number of anilines is 2. The Morgan fingerprint density at radius 3 is 2.52 bits per heavy atom. The normalized spacial score (nSPS) is 16.9. The minimum Gasteiger partial charge on any atom is -0.324 e. The highest BCUT2D eigenvalue weighted by Gasteiger charge is 2.30. The van der Waals surface area contributed by atoms with E-state index in [-0.39, 0.29) is 23.9 Å². The van der Waals surface area contributed by atoms with Gasteiger partial charge in [0, 0.05) is 25.0 Å². The molecule has 5 heteroatoms. The van der Waals surface area contributed by atoms with E-state index in [4.69, 9.17) is 0 Å². The van der Waals surface area contributed by atoms with Crippen molar-refractivity contribution in [2.45, 2.75) is 45.8 Å². The maximum Gasteiger partial charge on any atom is 0.241 e. The van der Waals surface area contributed by atoms with Crippen molar-refractivity contribution in [2.75, 3.05) is 16.8 Å². The van der Waals surface area contributed by atoms with Gasteiger partial charge in [-0.2, -0.15) is 0 Å². The Bertz CT molecular complexity index is 804. The molecule has 0 radical (unpaired) electrons. The van der Waals surface area contributed by atoms with Crippen molar-refractivity contribution in [3.63, 3.8) is 0 Å². The number of carbonyl (C=O) groups excluding carboxylic acids is 2. The van der Waals surface area contributed by atoms with Crippen LogP contribution in [0.5, 0.6) is 0 Å². The molecule has 2 aromatic rings. The summed E-state index contributed by atoms with van der Waals surface area (Å²) in [4.78, 5) is 29.3. The summed E-state index contributed by atoms with van der Waals surface area (Å²) >= 11 is 0. The van der Waals surface area contributed by atoms with Crippen molar-refractivity contribution >= 4 is 23.2 Å². The summed E-state index contributed by atoms with van der Waals surface area (Å²) in [5, 5.41) is 2.91. The van der Waals surface area contributed by atoms with E-state index >= 15 is 0 Å². The molecule has 2 amide bonds. The van der Waals surface area contributed by atoms with Gasteiger partial charge in [0.2, 0.25) is 11.8 Å². The molecule has 1 aliphatic heterocycles. The molecule has 0 spiro atoms. The second kappa shape index (κ2) is 8.35. The average Bonchev–Trinajstić information content (AvgIpc) is 2.76. The molecule has 3 rings (SSSR count). The maximum atomic E-state index is 13.3. The number of carbonyl (C=O) groups is 2. The van der Waals surface area contributed by atoms with Crippen LogP contribution in [0.1, 0.15) is 32.8 Å². The first-order valence-corrected chi connectivity index (χ1v) is 9.44. The summed E-state index contributed by atoms with van der Waals surface area (Å²) in [5.41, 5.74) is 2.64. The number of hydrogen-bond donors (Lipinski definition) is 1. The van der Waals surface area contributed by atoms with Crippen molar-refractivity contribution in [3.8, 4) is 0 Å². The Labute approximate surface area is 161 Å². The Balaban J connectivity index is 1.83. The van der Waals surface area contributed by atoms with Crippen LogP contribution in [-0.4, -0.2) is 35.3 Å². The van der Waals surface area contributed by atoms with Crippen molar-refractivity contribution in [2.24, 2.45) is 0 Å². The van der Waals surface area contributed by atoms with E-state index in [2.05, 4.69) is 36.2 Å². The number of nitrogens with one attached hydrogen (secondary N) is 1. The van der Waals surface area contributed by atoms with Gasteiger partial charge in [-0.3, -0.25) is 14.5 Å². The number of fused-ring (bicyclic) bond motifs is 1. The number of amides is 2. The van der Waals surface area contributed by atoms with Crippen LogP contribution >= 0.6 is 0 Å². The molecule has 5 nitrogen and oxygen atoms in total. The molecule has 0 saturated carbocycles. The van der Waals surface area contributed by atoms with E-state index in [1.165, 1.54) is 5.56 Å². The van der Waals surface area contributed by atoms with Gasteiger partial charge in [0.05, 0.1) is 17.9 Å². The van der Waals surface area contributed by atoms with Gasteiger partial charge in [-0.1, -0.05) is 42.5 Å². The Kier molecular flexibility index (Phi) is 5.91. The molecule has 0 saturated heterocycles. The van der Waals surface area contributed by atoms with Crippen molar-refractivity contribution in [1.29, 1.82) is 0 Å².